The van der Waals surface area contributed by atoms with Gasteiger partial charge in [-0.1, -0.05) is 25.0 Å². The fourth-order valence-electron chi connectivity index (χ4n) is 5.00. The number of hydrogen-bond donors (Lipinski definition) is 2. The number of piperidine rings is 2. The molecule has 4 rings (SSSR count). The van der Waals surface area contributed by atoms with Crippen molar-refractivity contribution in [3.05, 3.63) is 23.9 Å². The van der Waals surface area contributed by atoms with E-state index in [2.05, 4.69) is 15.7 Å². The van der Waals surface area contributed by atoms with Crippen LogP contribution in [0.1, 0.15) is 75.8 Å². The van der Waals surface area contributed by atoms with Gasteiger partial charge in [-0.2, -0.15) is 5.10 Å². The van der Waals surface area contributed by atoms with Gasteiger partial charge in [0.1, 0.15) is 0 Å². The number of nitrogens with one attached hydrogen (secondary N) is 2. The van der Waals surface area contributed by atoms with Crippen molar-refractivity contribution in [1.82, 2.24) is 20.0 Å². The largest absolute Gasteiger partial charge is 0.383 e. The molecule has 2 aliphatic heterocycles. The van der Waals surface area contributed by atoms with Crippen LogP contribution >= 0.6 is 0 Å². The molecular formula is C25H35N5O3. The van der Waals surface area contributed by atoms with Crippen LogP contribution in [0, 0.1) is 0 Å². The Morgan fingerprint density at radius 2 is 1.91 bits per heavy atom. The van der Waals surface area contributed by atoms with Crippen LogP contribution in [0.15, 0.2) is 18.2 Å². The molecule has 3 heterocycles. The predicted octanol–water partition coefficient (Wildman–Crippen LogP) is 3.47. The molecule has 33 heavy (non-hydrogen) atoms. The second-order valence-electron chi connectivity index (χ2n) is 9.25. The number of hydrogen-bond acceptors (Lipinski definition) is 5. The maximum atomic E-state index is 12.4. The number of rotatable bonds is 9. The minimum Gasteiger partial charge on any atom is -0.383 e. The summed E-state index contributed by atoms with van der Waals surface area (Å²) in [7, 11) is 1.89. The van der Waals surface area contributed by atoms with Crippen LogP contribution in [0.2, 0.25) is 0 Å². The molecule has 1 atom stereocenters. The summed E-state index contributed by atoms with van der Waals surface area (Å²) in [5.74, 6) is -0.546. The maximum Gasteiger partial charge on any atom is 0.235 e. The summed E-state index contributed by atoms with van der Waals surface area (Å²) in [6.45, 7) is 2.72. The standard InChI is InChI=1S/C25H35N5O3/c1-29-24-18(23(28-29)19-13-14-21(31)27-25(19)33)10-9-11-20(24)26-15-6-3-2-5-12-22(32)30-16-7-4-8-17-30/h9-11,19,26H,2-8,12-17H2,1H3,(H,27,31,33). The van der Waals surface area contributed by atoms with Crippen molar-refractivity contribution >= 4 is 34.3 Å². The van der Waals surface area contributed by atoms with E-state index in [-0.39, 0.29) is 11.8 Å². The number of likely N-dealkylation sites (tertiary alicyclic amines) is 1. The van der Waals surface area contributed by atoms with Crippen LogP contribution in [0.5, 0.6) is 0 Å². The van der Waals surface area contributed by atoms with E-state index in [4.69, 9.17) is 0 Å². The SMILES string of the molecule is Cn1nc(C2CCC(=O)NC2=O)c2cccc(NCCCCCCC(=O)N3CCCCC3)c21. The molecule has 0 saturated carbocycles. The van der Waals surface area contributed by atoms with Gasteiger partial charge in [-0.25, -0.2) is 0 Å². The van der Waals surface area contributed by atoms with E-state index < -0.39 is 5.92 Å². The molecule has 8 nitrogen and oxygen atoms in total. The Balaban J connectivity index is 1.26. The number of fused-ring (bicyclic) bond motifs is 1. The molecule has 8 heteroatoms. The first-order valence-corrected chi connectivity index (χ1v) is 12.4. The number of anilines is 1. The van der Waals surface area contributed by atoms with Crippen molar-refractivity contribution in [3.63, 3.8) is 0 Å². The number of carbonyl (C=O) groups is 3. The zero-order chi connectivity index (χ0) is 23.2. The van der Waals surface area contributed by atoms with E-state index in [1.54, 1.807) is 0 Å². The van der Waals surface area contributed by atoms with Gasteiger partial charge in [0.2, 0.25) is 17.7 Å². The number of amides is 3. The molecule has 3 amide bonds. The van der Waals surface area contributed by atoms with E-state index in [0.29, 0.717) is 25.2 Å². The summed E-state index contributed by atoms with van der Waals surface area (Å²) >= 11 is 0. The van der Waals surface area contributed by atoms with Crippen molar-refractivity contribution in [2.75, 3.05) is 25.0 Å². The van der Waals surface area contributed by atoms with Crippen LogP contribution in [0.4, 0.5) is 5.69 Å². The third-order valence-corrected chi connectivity index (χ3v) is 6.80. The third-order valence-electron chi connectivity index (χ3n) is 6.80. The van der Waals surface area contributed by atoms with Crippen molar-refractivity contribution in [2.24, 2.45) is 7.05 Å². The number of para-hydroxylation sites is 1. The molecule has 1 unspecified atom stereocenters. The summed E-state index contributed by atoms with van der Waals surface area (Å²) < 4.78 is 1.82. The number of nitrogens with zero attached hydrogens (tertiary/aromatic N) is 3. The Labute approximate surface area is 195 Å². The van der Waals surface area contributed by atoms with Crippen molar-refractivity contribution in [3.8, 4) is 0 Å². The number of benzene rings is 1. The summed E-state index contributed by atoms with van der Waals surface area (Å²) in [6.07, 6.45) is 9.21. The fraction of sp³-hybridized carbons (Fsp3) is 0.600. The highest BCUT2D eigenvalue weighted by Gasteiger charge is 2.31. The molecule has 2 saturated heterocycles. The van der Waals surface area contributed by atoms with Crippen molar-refractivity contribution < 1.29 is 14.4 Å². The van der Waals surface area contributed by atoms with Crippen LogP contribution < -0.4 is 10.6 Å². The highest BCUT2D eigenvalue weighted by molar-refractivity contribution is 6.03. The van der Waals surface area contributed by atoms with Gasteiger partial charge in [-0.3, -0.25) is 24.4 Å². The van der Waals surface area contributed by atoms with E-state index in [9.17, 15) is 14.4 Å². The lowest BCUT2D eigenvalue weighted by Crippen LogP contribution is -2.39. The molecule has 0 radical (unpaired) electrons. The smallest absolute Gasteiger partial charge is 0.235 e. The van der Waals surface area contributed by atoms with Crippen molar-refractivity contribution in [1.29, 1.82) is 0 Å². The first-order valence-electron chi connectivity index (χ1n) is 12.4. The zero-order valence-electron chi connectivity index (χ0n) is 19.6. The van der Waals surface area contributed by atoms with E-state index in [1.165, 1.54) is 6.42 Å². The van der Waals surface area contributed by atoms with Gasteiger partial charge < -0.3 is 10.2 Å². The van der Waals surface area contributed by atoms with E-state index in [0.717, 1.165) is 80.4 Å². The third kappa shape index (κ3) is 5.54. The lowest BCUT2D eigenvalue weighted by atomic mass is 9.92. The van der Waals surface area contributed by atoms with Gasteiger partial charge in [0.25, 0.3) is 0 Å². The van der Waals surface area contributed by atoms with Crippen molar-refractivity contribution in [2.45, 2.75) is 70.1 Å². The summed E-state index contributed by atoms with van der Waals surface area (Å²) in [4.78, 5) is 38.1. The summed E-state index contributed by atoms with van der Waals surface area (Å²) in [5, 5.41) is 11.6. The zero-order valence-corrected chi connectivity index (χ0v) is 19.6. The van der Waals surface area contributed by atoms with Crippen LogP contribution in [0.25, 0.3) is 10.9 Å². The Bertz CT molecular complexity index is 1010. The second kappa shape index (κ2) is 10.8. The topological polar surface area (TPSA) is 96.3 Å². The van der Waals surface area contributed by atoms with Gasteiger partial charge in [-0.15, -0.1) is 0 Å². The first kappa shape index (κ1) is 23.3. The van der Waals surface area contributed by atoms with Gasteiger partial charge >= 0.3 is 0 Å². The average molecular weight is 454 g/mol. The van der Waals surface area contributed by atoms with E-state index >= 15 is 0 Å². The van der Waals surface area contributed by atoms with E-state index in [1.807, 2.05) is 34.8 Å². The van der Waals surface area contributed by atoms with Gasteiger partial charge in [0.05, 0.1) is 22.8 Å². The second-order valence-corrected chi connectivity index (χ2v) is 9.25. The number of aromatic nitrogens is 2. The summed E-state index contributed by atoms with van der Waals surface area (Å²) in [5.41, 5.74) is 2.71. The molecule has 1 aromatic carbocycles. The number of aryl methyl sites for hydroxylation is 1. The Morgan fingerprint density at radius 3 is 2.70 bits per heavy atom. The van der Waals surface area contributed by atoms with Crippen LogP contribution in [-0.2, 0) is 21.4 Å². The molecular weight excluding hydrogens is 418 g/mol. The number of unbranched alkanes of at least 4 members (excludes halogenated alkanes) is 3. The number of imide groups is 1. The number of carbonyl (C=O) groups excluding carboxylic acids is 3. The quantitative estimate of drug-likeness (QED) is 0.448. The maximum absolute atomic E-state index is 12.4. The molecule has 178 valence electrons. The Hall–Kier alpha value is -2.90. The molecule has 2 aromatic rings. The molecule has 2 N–H and O–H groups in total. The van der Waals surface area contributed by atoms with Gasteiger partial charge in [0, 0.05) is 44.9 Å². The van der Waals surface area contributed by atoms with Crippen LogP contribution in [-0.4, -0.2) is 52.0 Å². The first-order chi connectivity index (χ1) is 16.0. The fourth-order valence-corrected chi connectivity index (χ4v) is 5.00. The molecule has 2 fully saturated rings. The van der Waals surface area contributed by atoms with Crippen LogP contribution in [0.3, 0.4) is 0 Å². The minimum atomic E-state index is -0.394. The Kier molecular flexibility index (Phi) is 7.62. The molecule has 0 bridgehead atoms. The Morgan fingerprint density at radius 1 is 1.12 bits per heavy atom. The monoisotopic (exact) mass is 453 g/mol. The highest BCUT2D eigenvalue weighted by Crippen LogP contribution is 2.33. The lowest BCUT2D eigenvalue weighted by Gasteiger charge is -2.26. The van der Waals surface area contributed by atoms with Gasteiger partial charge in [-0.05, 0) is 44.6 Å². The summed E-state index contributed by atoms with van der Waals surface area (Å²) in [6, 6.07) is 6.01. The van der Waals surface area contributed by atoms with Gasteiger partial charge in [0.15, 0.2) is 0 Å². The molecule has 0 spiro atoms. The molecule has 1 aromatic heterocycles. The molecule has 2 aliphatic rings. The highest BCUT2D eigenvalue weighted by atomic mass is 16.2. The lowest BCUT2D eigenvalue weighted by molar-refractivity contribution is -0.134. The minimum absolute atomic E-state index is 0.213. The predicted molar refractivity (Wildman–Crippen MR) is 128 cm³/mol. The average Bonchev–Trinajstić information content (AvgIpc) is 3.16. The molecule has 0 aliphatic carbocycles. The normalized spacial score (nSPS) is 19.1.